The lowest BCUT2D eigenvalue weighted by Crippen LogP contribution is -2.45. The van der Waals surface area contributed by atoms with Gasteiger partial charge in [-0.1, -0.05) is 0 Å². The minimum absolute atomic E-state index is 0.113. The highest BCUT2D eigenvalue weighted by atomic mass is 19.4. The number of rotatable bonds is 3. The summed E-state index contributed by atoms with van der Waals surface area (Å²) in [6, 6.07) is 2.08. The quantitative estimate of drug-likeness (QED) is 0.848. The van der Waals surface area contributed by atoms with Gasteiger partial charge in [-0.15, -0.1) is 0 Å². The molecule has 134 valence electrons. The van der Waals surface area contributed by atoms with Crippen molar-refractivity contribution in [3.05, 3.63) is 23.9 Å². The largest absolute Gasteiger partial charge is 0.417 e. The van der Waals surface area contributed by atoms with Gasteiger partial charge < -0.3 is 10.2 Å². The zero-order valence-corrected chi connectivity index (χ0v) is 12.4. The molecule has 0 spiro atoms. The third-order valence-electron chi connectivity index (χ3n) is 3.65. The summed E-state index contributed by atoms with van der Waals surface area (Å²) in [4.78, 5) is 17.1. The SMILES string of the molecule is O=C(NCC(F)(F)F)C1CCCN(c2ccc(C(F)(F)F)cn2)C1. The highest BCUT2D eigenvalue weighted by Crippen LogP contribution is 2.30. The first-order chi connectivity index (χ1) is 11.1. The van der Waals surface area contributed by atoms with E-state index in [9.17, 15) is 31.1 Å². The number of anilines is 1. The Morgan fingerprint density at radius 3 is 2.50 bits per heavy atom. The predicted octanol–water partition coefficient (Wildman–Crippen LogP) is 3.00. The number of amides is 1. The Hall–Kier alpha value is -2.00. The van der Waals surface area contributed by atoms with Gasteiger partial charge in [-0.05, 0) is 25.0 Å². The minimum Gasteiger partial charge on any atom is -0.356 e. The molecule has 2 heterocycles. The molecule has 1 aliphatic heterocycles. The lowest BCUT2D eigenvalue weighted by molar-refractivity contribution is -0.140. The highest BCUT2D eigenvalue weighted by molar-refractivity contribution is 5.79. The van der Waals surface area contributed by atoms with E-state index >= 15 is 0 Å². The van der Waals surface area contributed by atoms with Gasteiger partial charge in [0.15, 0.2) is 0 Å². The fourth-order valence-corrected chi connectivity index (χ4v) is 2.47. The molecule has 4 nitrogen and oxygen atoms in total. The Morgan fingerprint density at radius 2 is 1.96 bits per heavy atom. The molecule has 2 rings (SSSR count). The molecule has 1 N–H and O–H groups in total. The topological polar surface area (TPSA) is 45.2 Å². The van der Waals surface area contributed by atoms with Gasteiger partial charge in [0.1, 0.15) is 12.4 Å². The van der Waals surface area contributed by atoms with Crippen LogP contribution in [0.2, 0.25) is 0 Å². The second-order valence-corrected chi connectivity index (χ2v) is 5.52. The molecule has 0 bridgehead atoms. The molecule has 1 aromatic rings. The van der Waals surface area contributed by atoms with Crippen LogP contribution in [0.15, 0.2) is 18.3 Å². The van der Waals surface area contributed by atoms with Gasteiger partial charge in [0.05, 0.1) is 11.5 Å². The van der Waals surface area contributed by atoms with Gasteiger partial charge in [0.25, 0.3) is 0 Å². The number of aromatic nitrogens is 1. The molecule has 0 aromatic carbocycles. The van der Waals surface area contributed by atoms with Crippen LogP contribution in [-0.4, -0.2) is 36.7 Å². The number of halogens is 6. The fraction of sp³-hybridized carbons (Fsp3) is 0.571. The molecule has 1 atom stereocenters. The van der Waals surface area contributed by atoms with Gasteiger partial charge in [0, 0.05) is 19.3 Å². The number of carbonyl (C=O) groups excluding carboxylic acids is 1. The number of pyridine rings is 1. The van der Waals surface area contributed by atoms with Crippen molar-refractivity contribution in [3.63, 3.8) is 0 Å². The third-order valence-corrected chi connectivity index (χ3v) is 3.65. The maximum absolute atomic E-state index is 12.5. The van der Waals surface area contributed by atoms with E-state index in [0.29, 0.717) is 25.6 Å². The molecule has 0 radical (unpaired) electrons. The van der Waals surface area contributed by atoms with Crippen LogP contribution in [0.1, 0.15) is 18.4 Å². The average molecular weight is 355 g/mol. The van der Waals surface area contributed by atoms with E-state index in [0.717, 1.165) is 6.07 Å². The van der Waals surface area contributed by atoms with Gasteiger partial charge in [-0.2, -0.15) is 26.3 Å². The summed E-state index contributed by atoms with van der Waals surface area (Å²) < 4.78 is 73.9. The van der Waals surface area contributed by atoms with Crippen LogP contribution in [0.5, 0.6) is 0 Å². The predicted molar refractivity (Wildman–Crippen MR) is 73.2 cm³/mol. The number of nitrogens with one attached hydrogen (secondary N) is 1. The normalized spacial score (nSPS) is 19.2. The van der Waals surface area contributed by atoms with Crippen molar-refractivity contribution in [1.29, 1.82) is 0 Å². The van der Waals surface area contributed by atoms with E-state index in [4.69, 9.17) is 0 Å². The number of carbonyl (C=O) groups is 1. The Bertz CT molecular complexity index is 569. The van der Waals surface area contributed by atoms with Crippen LogP contribution in [0.4, 0.5) is 32.2 Å². The maximum Gasteiger partial charge on any atom is 0.417 e. The first-order valence-electron chi connectivity index (χ1n) is 7.19. The van der Waals surface area contributed by atoms with Crippen LogP contribution >= 0.6 is 0 Å². The molecule has 1 aromatic heterocycles. The van der Waals surface area contributed by atoms with Crippen molar-refractivity contribution >= 4 is 11.7 Å². The van der Waals surface area contributed by atoms with Crippen LogP contribution in [0.25, 0.3) is 0 Å². The second kappa shape index (κ2) is 6.86. The first-order valence-corrected chi connectivity index (χ1v) is 7.19. The van der Waals surface area contributed by atoms with Crippen LogP contribution in [0.3, 0.4) is 0 Å². The van der Waals surface area contributed by atoms with Crippen molar-refractivity contribution in [2.75, 3.05) is 24.5 Å². The van der Waals surface area contributed by atoms with E-state index in [2.05, 4.69) is 4.98 Å². The van der Waals surface area contributed by atoms with E-state index in [1.165, 1.54) is 6.07 Å². The number of hydrogen-bond acceptors (Lipinski definition) is 3. The monoisotopic (exact) mass is 355 g/mol. The summed E-state index contributed by atoms with van der Waals surface area (Å²) in [5, 5.41) is 1.83. The van der Waals surface area contributed by atoms with Crippen molar-refractivity contribution in [1.82, 2.24) is 10.3 Å². The molecule has 1 unspecified atom stereocenters. The molecule has 1 aliphatic rings. The number of nitrogens with zero attached hydrogens (tertiary/aromatic N) is 2. The van der Waals surface area contributed by atoms with Crippen molar-refractivity contribution in [2.24, 2.45) is 5.92 Å². The van der Waals surface area contributed by atoms with Crippen molar-refractivity contribution < 1.29 is 31.1 Å². The first kappa shape index (κ1) is 18.3. The molecule has 24 heavy (non-hydrogen) atoms. The lowest BCUT2D eigenvalue weighted by atomic mass is 9.97. The maximum atomic E-state index is 12.5. The molecule has 10 heteroatoms. The zero-order valence-electron chi connectivity index (χ0n) is 12.4. The van der Waals surface area contributed by atoms with E-state index < -0.39 is 36.3 Å². The minimum atomic E-state index is -4.49. The van der Waals surface area contributed by atoms with E-state index in [1.807, 2.05) is 5.32 Å². The average Bonchev–Trinajstić information content (AvgIpc) is 2.51. The molecule has 0 saturated carbocycles. The zero-order chi connectivity index (χ0) is 18.0. The number of hydrogen-bond donors (Lipinski definition) is 1. The second-order valence-electron chi connectivity index (χ2n) is 5.52. The third kappa shape index (κ3) is 5.00. The summed E-state index contributed by atoms with van der Waals surface area (Å²) in [5.74, 6) is -1.12. The molecule has 1 amide bonds. The Morgan fingerprint density at radius 1 is 1.25 bits per heavy atom. The summed E-state index contributed by atoms with van der Waals surface area (Å²) in [6.45, 7) is -0.815. The summed E-state index contributed by atoms with van der Waals surface area (Å²) >= 11 is 0. The van der Waals surface area contributed by atoms with Gasteiger partial charge >= 0.3 is 12.4 Å². The Kier molecular flexibility index (Phi) is 5.24. The summed E-state index contributed by atoms with van der Waals surface area (Å²) in [5.41, 5.74) is -0.886. The van der Waals surface area contributed by atoms with Crippen LogP contribution < -0.4 is 10.2 Å². The molecular weight excluding hydrogens is 340 g/mol. The van der Waals surface area contributed by atoms with E-state index in [1.54, 1.807) is 4.90 Å². The number of alkyl halides is 6. The molecule has 0 aliphatic carbocycles. The van der Waals surface area contributed by atoms with Crippen LogP contribution in [-0.2, 0) is 11.0 Å². The lowest BCUT2D eigenvalue weighted by Gasteiger charge is -2.33. The molecular formula is C14H15F6N3O. The standard InChI is InChI=1S/C14H15F6N3O/c15-13(16,17)8-22-12(24)9-2-1-5-23(7-9)11-4-3-10(6-21-11)14(18,19)20/h3-4,6,9H,1-2,5,7-8H2,(H,22,24). The smallest absolute Gasteiger partial charge is 0.356 e. The van der Waals surface area contributed by atoms with Crippen LogP contribution in [0, 0.1) is 5.92 Å². The number of piperidine rings is 1. The summed E-state index contributed by atoms with van der Waals surface area (Å²) in [7, 11) is 0. The summed E-state index contributed by atoms with van der Waals surface area (Å²) in [6.07, 6.45) is -7.33. The Labute approximate surface area is 133 Å². The Balaban J connectivity index is 1.99. The molecule has 1 saturated heterocycles. The van der Waals surface area contributed by atoms with Gasteiger partial charge in [-0.25, -0.2) is 4.98 Å². The fourth-order valence-electron chi connectivity index (χ4n) is 2.47. The molecule has 1 fully saturated rings. The highest BCUT2D eigenvalue weighted by Gasteiger charge is 2.33. The van der Waals surface area contributed by atoms with Gasteiger partial charge in [0.2, 0.25) is 5.91 Å². The van der Waals surface area contributed by atoms with Gasteiger partial charge in [-0.3, -0.25) is 4.79 Å². The van der Waals surface area contributed by atoms with Crippen molar-refractivity contribution in [3.8, 4) is 0 Å². The van der Waals surface area contributed by atoms with E-state index in [-0.39, 0.29) is 12.4 Å². The van der Waals surface area contributed by atoms with Crippen molar-refractivity contribution in [2.45, 2.75) is 25.2 Å².